The summed E-state index contributed by atoms with van der Waals surface area (Å²) < 4.78 is -0.0612. The summed E-state index contributed by atoms with van der Waals surface area (Å²) in [5.41, 5.74) is 13.3. The molecule has 0 nitrogen and oxygen atoms in total. The zero-order chi connectivity index (χ0) is 35.1. The van der Waals surface area contributed by atoms with Gasteiger partial charge in [0, 0.05) is 0 Å². The molecule has 0 saturated heterocycles. The molecule has 0 radical (unpaired) electrons. The van der Waals surface area contributed by atoms with Crippen LogP contribution in [0.2, 0.25) is 0 Å². The predicted octanol–water partition coefficient (Wildman–Crippen LogP) is 11.1. The fourth-order valence-corrected chi connectivity index (χ4v) is 48.4. The van der Waals surface area contributed by atoms with E-state index in [1.54, 1.807) is 0 Å². The Morgan fingerprint density at radius 1 is 0.520 bits per heavy atom. The summed E-state index contributed by atoms with van der Waals surface area (Å²) in [7, 11) is 17.6. The molecule has 0 unspecified atom stereocenters. The van der Waals surface area contributed by atoms with Gasteiger partial charge in [-0.3, -0.25) is 0 Å². The summed E-state index contributed by atoms with van der Waals surface area (Å²) in [5, 5.41) is 0.873. The van der Waals surface area contributed by atoms with Gasteiger partial charge in [-0.1, -0.05) is 0 Å². The Hall–Kier alpha value is -3.00. The van der Waals surface area contributed by atoms with Crippen molar-refractivity contribution >= 4 is 37.8 Å². The van der Waals surface area contributed by atoms with E-state index < -0.39 is 22.2 Å². The van der Waals surface area contributed by atoms with Crippen LogP contribution in [-0.4, -0.2) is 5.20 Å². The summed E-state index contributed by atoms with van der Waals surface area (Å²) >= 11 is -4.66. The molecule has 8 rings (SSSR count). The zero-order valence-electron chi connectivity index (χ0n) is 29.8. The van der Waals surface area contributed by atoms with E-state index in [0.29, 0.717) is 0 Å². The van der Waals surface area contributed by atoms with Gasteiger partial charge in [-0.25, -0.2) is 0 Å². The second-order valence-electron chi connectivity index (χ2n) is 16.3. The number of hydrogen-bond acceptors (Lipinski definition) is 0. The van der Waals surface area contributed by atoms with E-state index in [9.17, 15) is 0 Å². The number of hydrogen-bond donors (Lipinski definition) is 0. The van der Waals surface area contributed by atoms with E-state index in [1.807, 2.05) is 0 Å². The first kappa shape index (κ1) is 34.1. The van der Waals surface area contributed by atoms with Crippen LogP contribution in [0.4, 0.5) is 0 Å². The molecule has 4 heteroatoms. The second kappa shape index (κ2) is 12.3. The van der Waals surface area contributed by atoms with Gasteiger partial charge in [-0.2, -0.15) is 0 Å². The maximum atomic E-state index is 8.81. The van der Waals surface area contributed by atoms with Crippen LogP contribution in [0.25, 0.3) is 22.3 Å². The van der Waals surface area contributed by atoms with E-state index in [1.165, 1.54) is 71.2 Å². The number of rotatable bonds is 5. The Labute approximate surface area is 310 Å². The molecule has 0 aromatic heterocycles. The third kappa shape index (κ3) is 5.24. The van der Waals surface area contributed by atoms with Gasteiger partial charge in [-0.05, 0) is 0 Å². The van der Waals surface area contributed by atoms with Crippen LogP contribution in [0.3, 0.4) is 0 Å². The van der Waals surface area contributed by atoms with Crippen molar-refractivity contribution < 1.29 is 17.0 Å². The van der Waals surface area contributed by atoms with Crippen LogP contribution in [0.5, 0.6) is 0 Å². The van der Waals surface area contributed by atoms with E-state index in [-0.39, 0.29) is 14.5 Å². The third-order valence-electron chi connectivity index (χ3n) is 11.3. The van der Waals surface area contributed by atoms with E-state index in [2.05, 4.69) is 181 Å². The van der Waals surface area contributed by atoms with Crippen LogP contribution >= 0.6 is 17.0 Å². The second-order valence-corrected chi connectivity index (χ2v) is 46.1. The van der Waals surface area contributed by atoms with Crippen molar-refractivity contribution in [2.45, 2.75) is 62.4 Å². The Kier molecular flexibility index (Phi) is 8.39. The Morgan fingerprint density at radius 3 is 1.52 bits per heavy atom. The van der Waals surface area contributed by atoms with Gasteiger partial charge in [0.15, 0.2) is 0 Å². The summed E-state index contributed by atoms with van der Waals surface area (Å²) in [6, 6.07) is 52.6. The van der Waals surface area contributed by atoms with E-state index in [0.717, 1.165) is 6.42 Å². The van der Waals surface area contributed by atoms with Crippen LogP contribution in [0.15, 0.2) is 140 Å². The minimum atomic E-state index is -4.66. The molecule has 250 valence electrons. The van der Waals surface area contributed by atoms with Crippen molar-refractivity contribution in [3.8, 4) is 22.3 Å². The Balaban J connectivity index is 1.51. The molecule has 0 spiro atoms. The summed E-state index contributed by atoms with van der Waals surface area (Å²) in [6.45, 7) is 13.8. The van der Waals surface area contributed by atoms with Gasteiger partial charge < -0.3 is 0 Å². The van der Waals surface area contributed by atoms with Crippen molar-refractivity contribution in [1.29, 1.82) is 0 Å². The van der Waals surface area contributed by atoms with Gasteiger partial charge in [0.05, 0.1) is 0 Å². The van der Waals surface area contributed by atoms with Gasteiger partial charge in [0.2, 0.25) is 0 Å². The van der Waals surface area contributed by atoms with Crippen LogP contribution in [0, 0.1) is 0 Å². The molecule has 0 bridgehead atoms. The molecule has 50 heavy (non-hydrogen) atoms. The quantitative estimate of drug-likeness (QED) is 0.120. The Bertz CT molecular complexity index is 2140. The zero-order valence-corrected chi connectivity index (χ0v) is 34.8. The number of benzene rings is 6. The topological polar surface area (TPSA) is 0 Å². The molecule has 0 fully saturated rings. The standard InChI is InChI=1S/C25H19Si.C21H25.2ClH.Zr/c1-3-11-20(12-4-1)26(21-13-5-2-6-14-21)25-17-9-16-23-22-15-8-7-10-19(22)18-24(23)25;1-20(2,3)16-7-9-18-14(12-16)11-15-13-17(21(4,5)6)8-10-19(15)18;;;/h1-17H,18H2;7-13H,1-6H3;2*1H;/q;;;;+2/p-2. The molecule has 0 atom stereocenters. The molecule has 0 saturated carbocycles. The summed E-state index contributed by atoms with van der Waals surface area (Å²) in [6.07, 6.45) is 0.895. The minimum absolute atomic E-state index is 0.0128. The van der Waals surface area contributed by atoms with Crippen LogP contribution in [0.1, 0.15) is 78.5 Å². The Morgan fingerprint density at radius 2 is 1.00 bits per heavy atom. The average Bonchev–Trinajstić information content (AvgIpc) is 3.65. The van der Waals surface area contributed by atoms with Gasteiger partial charge in [0.25, 0.3) is 0 Å². The predicted molar refractivity (Wildman–Crippen MR) is 215 cm³/mol. The fraction of sp³-hybridized carbons (Fsp3) is 0.217. The first-order valence-electron chi connectivity index (χ1n) is 17.8. The van der Waals surface area contributed by atoms with Crippen molar-refractivity contribution in [1.82, 2.24) is 0 Å². The molecule has 0 N–H and O–H groups in total. The van der Waals surface area contributed by atoms with Gasteiger partial charge in [-0.15, -0.1) is 0 Å². The van der Waals surface area contributed by atoms with Crippen LogP contribution < -0.4 is 15.6 Å². The maximum absolute atomic E-state index is 8.81. The molecule has 0 heterocycles. The molecular formula is C46H44Cl2SiZr. The van der Waals surface area contributed by atoms with Gasteiger partial charge in [0.1, 0.15) is 0 Å². The third-order valence-corrected chi connectivity index (χ3v) is 47.2. The van der Waals surface area contributed by atoms with Gasteiger partial charge >= 0.3 is 312 Å². The van der Waals surface area contributed by atoms with E-state index >= 15 is 0 Å². The summed E-state index contributed by atoms with van der Waals surface area (Å²) in [4.78, 5) is 0. The first-order valence-corrected chi connectivity index (χ1v) is 31.3. The number of halogens is 2. The SMILES string of the molecule is CC(C)(C)c1ccc2c(c1)[CH]([Zr]([Cl])([Cl])[Si](c1ccccc1)(c1ccccc1)c1cccc3c1Cc1ccccc1-3)c1cc(C(C)(C)C)ccc1-2. The molecule has 2 aliphatic carbocycles. The average molecular weight is 787 g/mol. The number of fused-ring (bicyclic) bond motifs is 6. The molecule has 2 aliphatic rings. The molecule has 0 amide bonds. The van der Waals surface area contributed by atoms with Crippen molar-refractivity contribution in [2.75, 3.05) is 0 Å². The summed E-state index contributed by atoms with van der Waals surface area (Å²) in [5.74, 6) is 0. The molecule has 0 aliphatic heterocycles. The fourth-order valence-electron chi connectivity index (χ4n) is 8.73. The van der Waals surface area contributed by atoms with Crippen molar-refractivity contribution in [2.24, 2.45) is 0 Å². The molecule has 6 aromatic carbocycles. The van der Waals surface area contributed by atoms with E-state index in [4.69, 9.17) is 17.0 Å². The molecule has 6 aromatic rings. The van der Waals surface area contributed by atoms with Crippen LogP contribution in [-0.2, 0) is 34.3 Å². The van der Waals surface area contributed by atoms with Crippen molar-refractivity contribution in [3.63, 3.8) is 0 Å². The van der Waals surface area contributed by atoms with Crippen molar-refractivity contribution in [3.05, 3.63) is 173 Å². The molecular weight excluding hydrogens is 743 g/mol. The first-order chi connectivity index (χ1) is 23.8. The monoisotopic (exact) mass is 784 g/mol. The normalized spacial score (nSPS) is 14.2.